The van der Waals surface area contributed by atoms with Crippen LogP contribution < -0.4 is 14.8 Å². The van der Waals surface area contributed by atoms with E-state index < -0.39 is 21.7 Å². The van der Waals surface area contributed by atoms with E-state index in [4.69, 9.17) is 27.9 Å². The van der Waals surface area contributed by atoms with E-state index in [0.717, 1.165) is 18.9 Å². The first kappa shape index (κ1) is 20.9. The van der Waals surface area contributed by atoms with Crippen LogP contribution in [0.1, 0.15) is 23.2 Å². The highest BCUT2D eigenvalue weighted by molar-refractivity contribution is 7.89. The molecule has 10 heteroatoms. The van der Waals surface area contributed by atoms with E-state index in [1.54, 1.807) is 6.07 Å². The van der Waals surface area contributed by atoms with Crippen LogP contribution in [0.25, 0.3) is 0 Å². The third-order valence-electron chi connectivity index (χ3n) is 3.91. The minimum atomic E-state index is -3.85. The molecular weight excluding hydrogens is 430 g/mol. The number of sulfonamides is 1. The second-order valence-corrected chi connectivity index (χ2v) is 8.72. The highest BCUT2D eigenvalue weighted by Gasteiger charge is 2.30. The van der Waals surface area contributed by atoms with Crippen molar-refractivity contribution in [3.8, 4) is 5.75 Å². The first-order valence-electron chi connectivity index (χ1n) is 8.44. The molecule has 0 unspecified atom stereocenters. The summed E-state index contributed by atoms with van der Waals surface area (Å²) >= 11 is 12.1. The lowest BCUT2D eigenvalue weighted by molar-refractivity contribution is 0.0947. The lowest BCUT2D eigenvalue weighted by Gasteiger charge is -2.12. The van der Waals surface area contributed by atoms with Gasteiger partial charge in [0.2, 0.25) is 10.0 Å². The number of hydrogen-bond acceptors (Lipinski definition) is 4. The van der Waals surface area contributed by atoms with Crippen LogP contribution in [0.4, 0.5) is 4.39 Å². The predicted molar refractivity (Wildman–Crippen MR) is 104 cm³/mol. The minimum absolute atomic E-state index is 0.0204. The van der Waals surface area contributed by atoms with Gasteiger partial charge in [-0.25, -0.2) is 17.5 Å². The summed E-state index contributed by atoms with van der Waals surface area (Å²) < 4.78 is 45.8. The maximum Gasteiger partial charge on any atom is 0.252 e. The number of rotatable bonds is 8. The van der Waals surface area contributed by atoms with Crippen molar-refractivity contribution in [2.45, 2.75) is 23.8 Å². The molecule has 0 heterocycles. The number of benzene rings is 2. The topological polar surface area (TPSA) is 84.5 Å². The van der Waals surface area contributed by atoms with Gasteiger partial charge in [0, 0.05) is 12.1 Å². The Bertz CT molecular complexity index is 997. The summed E-state index contributed by atoms with van der Waals surface area (Å²) in [5.41, 5.74) is -0.0204. The van der Waals surface area contributed by atoms with Crippen LogP contribution >= 0.6 is 23.2 Å². The zero-order valence-corrected chi connectivity index (χ0v) is 16.9. The van der Waals surface area contributed by atoms with E-state index >= 15 is 0 Å². The Labute approximate surface area is 172 Å². The lowest BCUT2D eigenvalue weighted by Crippen LogP contribution is -2.29. The molecule has 0 atom stereocenters. The molecule has 2 aromatic carbocycles. The van der Waals surface area contributed by atoms with Crippen LogP contribution in [-0.4, -0.2) is 33.5 Å². The molecule has 0 spiro atoms. The number of carbonyl (C=O) groups is 1. The zero-order chi connectivity index (χ0) is 20.3. The van der Waals surface area contributed by atoms with E-state index in [0.29, 0.717) is 5.75 Å². The molecule has 1 fully saturated rings. The quantitative estimate of drug-likeness (QED) is 0.608. The van der Waals surface area contributed by atoms with Gasteiger partial charge in [-0.15, -0.1) is 0 Å². The summed E-state index contributed by atoms with van der Waals surface area (Å²) in [6.07, 6.45) is 1.53. The fourth-order valence-electron chi connectivity index (χ4n) is 2.38. The molecule has 0 radical (unpaired) electrons. The highest BCUT2D eigenvalue weighted by atomic mass is 35.5. The van der Waals surface area contributed by atoms with Crippen molar-refractivity contribution in [3.63, 3.8) is 0 Å². The Kier molecular flexibility index (Phi) is 6.44. The molecule has 150 valence electrons. The molecule has 1 aliphatic carbocycles. The van der Waals surface area contributed by atoms with Crippen LogP contribution in [0.15, 0.2) is 41.3 Å². The molecular formula is C18H17Cl2FN2O4S. The van der Waals surface area contributed by atoms with E-state index in [1.165, 1.54) is 24.3 Å². The summed E-state index contributed by atoms with van der Waals surface area (Å²) in [5.74, 6) is -0.672. The van der Waals surface area contributed by atoms with Gasteiger partial charge in [0.25, 0.3) is 5.91 Å². The van der Waals surface area contributed by atoms with Crippen LogP contribution in [0, 0.1) is 5.82 Å². The summed E-state index contributed by atoms with van der Waals surface area (Å²) in [5, 5.41) is 2.54. The molecule has 0 saturated heterocycles. The molecule has 6 nitrogen and oxygen atoms in total. The third-order valence-corrected chi connectivity index (χ3v) is 6.21. The second kappa shape index (κ2) is 8.65. The normalized spacial score (nSPS) is 14.0. The van der Waals surface area contributed by atoms with Gasteiger partial charge in [-0.05, 0) is 37.1 Å². The van der Waals surface area contributed by atoms with E-state index in [2.05, 4.69) is 10.0 Å². The van der Waals surface area contributed by atoms with Crippen molar-refractivity contribution in [2.75, 3.05) is 13.2 Å². The molecule has 0 bridgehead atoms. The Balaban J connectivity index is 1.65. The number of carbonyl (C=O) groups excluding carboxylic acids is 1. The number of hydrogen-bond donors (Lipinski definition) is 2. The molecule has 0 aromatic heterocycles. The zero-order valence-electron chi connectivity index (χ0n) is 14.5. The van der Waals surface area contributed by atoms with E-state index in [9.17, 15) is 17.6 Å². The minimum Gasteiger partial charge on any atom is -0.492 e. The SMILES string of the molecule is O=C(NCCOc1cccc(F)c1)c1cc(S(=O)(=O)NC2CC2)c(Cl)cc1Cl. The van der Waals surface area contributed by atoms with Gasteiger partial charge >= 0.3 is 0 Å². The maximum absolute atomic E-state index is 13.1. The molecule has 3 rings (SSSR count). The first-order chi connectivity index (χ1) is 13.3. The molecule has 28 heavy (non-hydrogen) atoms. The largest absolute Gasteiger partial charge is 0.492 e. The Morgan fingerprint density at radius 1 is 1.18 bits per heavy atom. The van der Waals surface area contributed by atoms with Crippen molar-refractivity contribution in [3.05, 3.63) is 57.8 Å². The standard InChI is InChI=1S/C18H17Cl2FN2O4S/c19-15-10-16(20)17(28(25,26)23-12-4-5-12)9-14(15)18(24)22-6-7-27-13-3-1-2-11(21)8-13/h1-3,8-10,12,23H,4-7H2,(H,22,24). The molecule has 2 N–H and O–H groups in total. The van der Waals surface area contributed by atoms with Crippen molar-refractivity contribution in [2.24, 2.45) is 0 Å². The van der Waals surface area contributed by atoms with Gasteiger partial charge < -0.3 is 10.1 Å². The highest BCUT2D eigenvalue weighted by Crippen LogP contribution is 2.30. The Morgan fingerprint density at radius 3 is 2.61 bits per heavy atom. The number of nitrogens with one attached hydrogen (secondary N) is 2. The predicted octanol–water partition coefficient (Wildman–Crippen LogP) is 3.38. The fourth-order valence-corrected chi connectivity index (χ4v) is 4.54. The second-order valence-electron chi connectivity index (χ2n) is 6.22. The Morgan fingerprint density at radius 2 is 1.93 bits per heavy atom. The van der Waals surface area contributed by atoms with Gasteiger partial charge in [-0.2, -0.15) is 0 Å². The van der Waals surface area contributed by atoms with Crippen LogP contribution in [-0.2, 0) is 10.0 Å². The van der Waals surface area contributed by atoms with Crippen LogP contribution in [0.3, 0.4) is 0 Å². The molecule has 2 aromatic rings. The van der Waals surface area contributed by atoms with Crippen LogP contribution in [0.2, 0.25) is 10.0 Å². The monoisotopic (exact) mass is 446 g/mol. The molecule has 1 amide bonds. The lowest BCUT2D eigenvalue weighted by atomic mass is 10.2. The van der Waals surface area contributed by atoms with Crippen molar-refractivity contribution < 1.29 is 22.3 Å². The van der Waals surface area contributed by atoms with Gasteiger partial charge in [0.1, 0.15) is 23.1 Å². The van der Waals surface area contributed by atoms with Gasteiger partial charge in [-0.1, -0.05) is 29.3 Å². The Hall–Kier alpha value is -1.87. The summed E-state index contributed by atoms with van der Waals surface area (Å²) in [6.45, 7) is 0.200. The number of ether oxygens (including phenoxy) is 1. The number of halogens is 3. The van der Waals surface area contributed by atoms with Crippen molar-refractivity contribution in [1.29, 1.82) is 0 Å². The molecule has 0 aliphatic heterocycles. The average Bonchev–Trinajstić information content (AvgIpc) is 3.41. The fraction of sp³-hybridized carbons (Fsp3) is 0.278. The van der Waals surface area contributed by atoms with Gasteiger partial charge in [-0.3, -0.25) is 4.79 Å². The third kappa shape index (κ3) is 5.35. The maximum atomic E-state index is 13.1. The summed E-state index contributed by atoms with van der Waals surface area (Å²) in [4.78, 5) is 12.2. The first-order valence-corrected chi connectivity index (χ1v) is 10.7. The van der Waals surface area contributed by atoms with E-state index in [-0.39, 0.29) is 39.7 Å². The van der Waals surface area contributed by atoms with Crippen LogP contribution in [0.5, 0.6) is 5.75 Å². The molecule has 1 saturated carbocycles. The smallest absolute Gasteiger partial charge is 0.252 e. The van der Waals surface area contributed by atoms with Gasteiger partial charge in [0.15, 0.2) is 0 Å². The average molecular weight is 447 g/mol. The van der Waals surface area contributed by atoms with Gasteiger partial charge in [0.05, 0.1) is 22.2 Å². The van der Waals surface area contributed by atoms with Crippen molar-refractivity contribution >= 4 is 39.1 Å². The van der Waals surface area contributed by atoms with Crippen molar-refractivity contribution in [1.82, 2.24) is 10.0 Å². The summed E-state index contributed by atoms with van der Waals surface area (Å²) in [7, 11) is -3.85. The summed E-state index contributed by atoms with van der Waals surface area (Å²) in [6, 6.07) is 7.89. The number of amides is 1. The van der Waals surface area contributed by atoms with E-state index in [1.807, 2.05) is 0 Å². The molecule has 1 aliphatic rings.